The summed E-state index contributed by atoms with van der Waals surface area (Å²) in [5, 5.41) is 3.52. The first-order valence-corrected chi connectivity index (χ1v) is 9.74. The normalized spacial score (nSPS) is 17.1. The van der Waals surface area contributed by atoms with Crippen LogP contribution in [0.4, 0.5) is 0 Å². The Morgan fingerprint density at radius 3 is 2.52 bits per heavy atom. The summed E-state index contributed by atoms with van der Waals surface area (Å²) in [6.45, 7) is 8.59. The summed E-state index contributed by atoms with van der Waals surface area (Å²) in [5.74, 6) is 0.949. The molecule has 1 heterocycles. The number of nitrogens with zero attached hydrogens (tertiary/aromatic N) is 1. The summed E-state index contributed by atoms with van der Waals surface area (Å²) in [7, 11) is 1.76. The fraction of sp³-hybridized carbons (Fsp3) is 0.429. The molecule has 4 heteroatoms. The second-order valence-electron chi connectivity index (χ2n) is 6.85. The van der Waals surface area contributed by atoms with E-state index >= 15 is 0 Å². The van der Waals surface area contributed by atoms with Crippen LogP contribution in [0, 0.1) is 13.8 Å². The molecule has 1 aliphatic heterocycles. The van der Waals surface area contributed by atoms with Crippen LogP contribution in [-0.2, 0) is 0 Å². The first-order valence-electron chi connectivity index (χ1n) is 8.95. The lowest BCUT2D eigenvalue weighted by Gasteiger charge is -2.32. The summed E-state index contributed by atoms with van der Waals surface area (Å²) in [6, 6.07) is 13.4. The molecule has 3 nitrogen and oxygen atoms in total. The van der Waals surface area contributed by atoms with E-state index < -0.39 is 0 Å². The molecule has 1 aliphatic rings. The molecule has 0 saturated carbocycles. The van der Waals surface area contributed by atoms with E-state index in [1.165, 1.54) is 22.3 Å². The zero-order chi connectivity index (χ0) is 17.8. The number of rotatable bonds is 4. The minimum atomic E-state index is 0.200. The van der Waals surface area contributed by atoms with E-state index in [1.807, 2.05) is 6.07 Å². The number of methoxy groups -OCH3 is 1. The van der Waals surface area contributed by atoms with Gasteiger partial charge in [-0.3, -0.25) is 4.90 Å². The van der Waals surface area contributed by atoms with Gasteiger partial charge in [-0.2, -0.15) is 0 Å². The van der Waals surface area contributed by atoms with Crippen molar-refractivity contribution in [2.24, 2.45) is 0 Å². The maximum absolute atomic E-state index is 5.72. The Kier molecular flexibility index (Phi) is 6.15. The van der Waals surface area contributed by atoms with E-state index in [9.17, 15) is 0 Å². The lowest BCUT2D eigenvalue weighted by Crippen LogP contribution is -2.33. The van der Waals surface area contributed by atoms with Gasteiger partial charge in [0.15, 0.2) is 0 Å². The molecule has 0 radical (unpaired) electrons. The first-order chi connectivity index (χ1) is 12.1. The highest BCUT2D eigenvalue weighted by Gasteiger charge is 2.26. The van der Waals surface area contributed by atoms with Crippen LogP contribution in [-0.4, -0.2) is 38.2 Å². The van der Waals surface area contributed by atoms with Crippen molar-refractivity contribution in [2.45, 2.75) is 26.3 Å². The molecule has 1 atom stereocenters. The summed E-state index contributed by atoms with van der Waals surface area (Å²) < 4.78 is 6.81. The second-order valence-corrected chi connectivity index (χ2v) is 7.77. The number of aryl methyl sites for hydroxylation is 2. The number of hydrogen-bond donors (Lipinski definition) is 1. The van der Waals surface area contributed by atoms with Gasteiger partial charge in [-0.05, 0) is 50.6 Å². The van der Waals surface area contributed by atoms with Crippen molar-refractivity contribution in [3.05, 3.63) is 63.1 Å². The number of halogens is 1. The lowest BCUT2D eigenvalue weighted by atomic mass is 9.93. The summed E-state index contributed by atoms with van der Waals surface area (Å²) in [6.07, 6.45) is 1.16. The van der Waals surface area contributed by atoms with Crippen LogP contribution in [0.25, 0.3) is 0 Å². The molecule has 25 heavy (non-hydrogen) atoms. The Labute approximate surface area is 159 Å². The highest BCUT2D eigenvalue weighted by Crippen LogP contribution is 2.37. The molecule has 0 bridgehead atoms. The topological polar surface area (TPSA) is 24.5 Å². The van der Waals surface area contributed by atoms with Crippen LogP contribution in [0.15, 0.2) is 40.9 Å². The molecular weight excluding hydrogens is 376 g/mol. The largest absolute Gasteiger partial charge is 0.496 e. The molecule has 134 valence electrons. The van der Waals surface area contributed by atoms with Crippen molar-refractivity contribution in [2.75, 3.05) is 33.3 Å². The molecule has 1 N–H and O–H groups in total. The van der Waals surface area contributed by atoms with Crippen molar-refractivity contribution in [1.82, 2.24) is 10.2 Å². The third-order valence-electron chi connectivity index (χ3n) is 4.79. The van der Waals surface area contributed by atoms with Crippen LogP contribution < -0.4 is 10.1 Å². The third-order valence-corrected chi connectivity index (χ3v) is 5.28. The molecule has 1 saturated heterocycles. The van der Waals surface area contributed by atoms with Gasteiger partial charge in [-0.15, -0.1) is 0 Å². The zero-order valence-corrected chi connectivity index (χ0v) is 16.9. The van der Waals surface area contributed by atoms with Crippen molar-refractivity contribution in [1.29, 1.82) is 0 Å². The number of ether oxygens (including phenoxy) is 1. The summed E-state index contributed by atoms with van der Waals surface area (Å²) in [4.78, 5) is 2.58. The molecular formula is C21H27BrN2O. The number of nitrogens with one attached hydrogen (secondary N) is 1. The minimum Gasteiger partial charge on any atom is -0.496 e. The predicted molar refractivity (Wildman–Crippen MR) is 108 cm³/mol. The van der Waals surface area contributed by atoms with E-state index in [-0.39, 0.29) is 6.04 Å². The van der Waals surface area contributed by atoms with Gasteiger partial charge in [0.25, 0.3) is 0 Å². The first kappa shape index (κ1) is 18.4. The maximum atomic E-state index is 5.72. The highest BCUT2D eigenvalue weighted by atomic mass is 79.9. The molecule has 0 spiro atoms. The van der Waals surface area contributed by atoms with Crippen molar-refractivity contribution < 1.29 is 4.74 Å². The third kappa shape index (κ3) is 4.43. The molecule has 0 aliphatic carbocycles. The smallest absolute Gasteiger partial charge is 0.124 e. The Morgan fingerprint density at radius 1 is 1.04 bits per heavy atom. The molecule has 1 fully saturated rings. The average Bonchev–Trinajstić information content (AvgIpc) is 2.84. The Balaban J connectivity index is 2.12. The van der Waals surface area contributed by atoms with Gasteiger partial charge < -0.3 is 10.1 Å². The molecule has 0 amide bonds. The Hall–Kier alpha value is -1.36. The van der Waals surface area contributed by atoms with Crippen LogP contribution in [0.3, 0.4) is 0 Å². The van der Waals surface area contributed by atoms with Gasteiger partial charge in [0.05, 0.1) is 13.2 Å². The van der Waals surface area contributed by atoms with Crippen LogP contribution in [0.2, 0.25) is 0 Å². The SMILES string of the molecule is COc1ccc(Br)cc1C(c1cc(C)cc(C)c1)N1CCCNCC1. The zero-order valence-electron chi connectivity index (χ0n) is 15.3. The lowest BCUT2D eigenvalue weighted by molar-refractivity contribution is 0.236. The maximum Gasteiger partial charge on any atom is 0.124 e. The molecule has 0 aromatic heterocycles. The van der Waals surface area contributed by atoms with Gasteiger partial charge in [-0.1, -0.05) is 45.3 Å². The van der Waals surface area contributed by atoms with E-state index in [1.54, 1.807) is 7.11 Å². The van der Waals surface area contributed by atoms with Gasteiger partial charge in [0, 0.05) is 29.7 Å². The number of hydrogen-bond acceptors (Lipinski definition) is 3. The van der Waals surface area contributed by atoms with Crippen LogP contribution in [0.1, 0.15) is 34.7 Å². The summed E-state index contributed by atoms with van der Waals surface area (Å²) in [5.41, 5.74) is 5.18. The second kappa shape index (κ2) is 8.35. The van der Waals surface area contributed by atoms with Crippen molar-refractivity contribution in [3.8, 4) is 5.75 Å². The van der Waals surface area contributed by atoms with Crippen molar-refractivity contribution >= 4 is 15.9 Å². The fourth-order valence-electron chi connectivity index (χ4n) is 3.80. The number of benzene rings is 2. The molecule has 1 unspecified atom stereocenters. The van der Waals surface area contributed by atoms with Gasteiger partial charge in [0.1, 0.15) is 5.75 Å². The quantitative estimate of drug-likeness (QED) is 0.816. The van der Waals surface area contributed by atoms with E-state index in [0.29, 0.717) is 0 Å². The van der Waals surface area contributed by atoms with Gasteiger partial charge in [0.2, 0.25) is 0 Å². The van der Waals surface area contributed by atoms with Crippen LogP contribution >= 0.6 is 15.9 Å². The fourth-order valence-corrected chi connectivity index (χ4v) is 4.18. The minimum absolute atomic E-state index is 0.200. The molecule has 2 aromatic rings. The van der Waals surface area contributed by atoms with Crippen LogP contribution in [0.5, 0.6) is 5.75 Å². The van der Waals surface area contributed by atoms with Gasteiger partial charge >= 0.3 is 0 Å². The molecule has 3 rings (SSSR count). The standard InChI is InChI=1S/C21H27BrN2O/c1-15-11-16(2)13-17(12-15)21(24-9-4-7-23-8-10-24)19-14-18(22)5-6-20(19)25-3/h5-6,11-14,21,23H,4,7-10H2,1-3H3. The summed E-state index contributed by atoms with van der Waals surface area (Å²) >= 11 is 3.65. The van der Waals surface area contributed by atoms with Gasteiger partial charge in [-0.25, -0.2) is 0 Å². The Bertz CT molecular complexity index is 704. The van der Waals surface area contributed by atoms with E-state index in [0.717, 1.165) is 42.8 Å². The Morgan fingerprint density at radius 2 is 1.80 bits per heavy atom. The van der Waals surface area contributed by atoms with E-state index in [4.69, 9.17) is 4.74 Å². The predicted octanol–water partition coefficient (Wildman–Crippen LogP) is 4.46. The molecule has 2 aromatic carbocycles. The monoisotopic (exact) mass is 402 g/mol. The highest BCUT2D eigenvalue weighted by molar-refractivity contribution is 9.10. The van der Waals surface area contributed by atoms with Crippen molar-refractivity contribution in [3.63, 3.8) is 0 Å². The van der Waals surface area contributed by atoms with E-state index in [2.05, 4.69) is 70.3 Å². The average molecular weight is 403 g/mol.